The lowest BCUT2D eigenvalue weighted by Crippen LogP contribution is -2.48. The summed E-state index contributed by atoms with van der Waals surface area (Å²) in [5.41, 5.74) is 5.26. The molecule has 36 heavy (non-hydrogen) atoms. The van der Waals surface area contributed by atoms with Crippen LogP contribution in [0.25, 0.3) is 0 Å². The minimum absolute atomic E-state index is 0.193. The number of rotatable bonds is 8. The molecule has 8 heteroatoms. The van der Waals surface area contributed by atoms with E-state index >= 15 is 0 Å². The van der Waals surface area contributed by atoms with Crippen LogP contribution in [0.15, 0.2) is 53.7 Å². The zero-order chi connectivity index (χ0) is 26.4. The van der Waals surface area contributed by atoms with Gasteiger partial charge in [-0.05, 0) is 74.1 Å². The third-order valence-electron chi connectivity index (χ3n) is 6.08. The van der Waals surface area contributed by atoms with Gasteiger partial charge in [-0.15, -0.1) is 0 Å². The van der Waals surface area contributed by atoms with Gasteiger partial charge in [0.25, 0.3) is 0 Å². The van der Waals surface area contributed by atoms with Gasteiger partial charge in [-0.1, -0.05) is 39.0 Å². The monoisotopic (exact) mass is 492 g/mol. The Bertz CT molecular complexity index is 1150. The maximum atomic E-state index is 13.1. The highest BCUT2D eigenvalue weighted by atomic mass is 16.5. The summed E-state index contributed by atoms with van der Waals surface area (Å²) in [6.45, 7) is 12.5. The number of benzene rings is 2. The molecule has 0 saturated heterocycles. The van der Waals surface area contributed by atoms with Crippen molar-refractivity contribution in [1.29, 1.82) is 0 Å². The van der Waals surface area contributed by atoms with Gasteiger partial charge in [-0.2, -0.15) is 0 Å². The number of nitrogens with zero attached hydrogens (tertiary/aromatic N) is 1. The quantitative estimate of drug-likeness (QED) is 0.400. The average Bonchev–Trinajstić information content (AvgIpc) is 2.82. The Kier molecular flexibility index (Phi) is 8.74. The minimum atomic E-state index is -0.649. The Morgan fingerprint density at radius 1 is 1.00 bits per heavy atom. The second-order valence-electron chi connectivity index (χ2n) is 9.53. The number of amides is 4. The highest BCUT2D eigenvalue weighted by Gasteiger charge is 2.36. The molecule has 3 N–H and O–H groups in total. The number of ether oxygens (including phenoxy) is 1. The number of nitrogens with one attached hydrogen (secondary N) is 3. The van der Waals surface area contributed by atoms with Gasteiger partial charge in [0.05, 0.1) is 18.2 Å². The molecule has 2 aromatic rings. The van der Waals surface area contributed by atoms with Crippen LogP contribution in [0, 0.1) is 19.8 Å². The summed E-state index contributed by atoms with van der Waals surface area (Å²) in [6.07, 6.45) is 0.758. The molecule has 0 unspecified atom stereocenters. The van der Waals surface area contributed by atoms with E-state index in [1.807, 2.05) is 52.8 Å². The molecule has 0 aliphatic carbocycles. The molecule has 0 radical (unpaired) electrons. The summed E-state index contributed by atoms with van der Waals surface area (Å²) in [6, 6.07) is 11.5. The third kappa shape index (κ3) is 6.44. The van der Waals surface area contributed by atoms with Gasteiger partial charge in [0.2, 0.25) is 0 Å². The number of esters is 1. The van der Waals surface area contributed by atoms with Crippen LogP contribution < -0.4 is 16.0 Å². The largest absolute Gasteiger partial charge is 0.462 e. The summed E-state index contributed by atoms with van der Waals surface area (Å²) in [7, 11) is 0. The first-order chi connectivity index (χ1) is 17.1. The van der Waals surface area contributed by atoms with E-state index in [0.717, 1.165) is 23.1 Å². The highest BCUT2D eigenvalue weighted by Crippen LogP contribution is 2.32. The molecule has 192 valence electrons. The molecule has 0 saturated carbocycles. The minimum Gasteiger partial charge on any atom is -0.462 e. The molecule has 0 spiro atoms. The Morgan fingerprint density at radius 3 is 2.25 bits per heavy atom. The second kappa shape index (κ2) is 11.7. The molecule has 0 aromatic heterocycles. The normalized spacial score (nSPS) is 15.6. The molecule has 1 heterocycles. The molecule has 3 rings (SSSR count). The van der Waals surface area contributed by atoms with E-state index in [2.05, 4.69) is 16.0 Å². The van der Waals surface area contributed by atoms with E-state index in [1.54, 1.807) is 36.1 Å². The Morgan fingerprint density at radius 2 is 1.64 bits per heavy atom. The average molecular weight is 493 g/mol. The maximum absolute atomic E-state index is 13.1. The SMILES string of the molecule is CCCN1C(=O)N[C@@H](c2ccc(NC(=O)Nc3ccc(C)c(C)c3)cc2)C(C(=O)OCC(C)C)=C1C. The van der Waals surface area contributed by atoms with Gasteiger partial charge in [-0.25, -0.2) is 14.4 Å². The van der Waals surface area contributed by atoms with Crippen LogP contribution in [0.2, 0.25) is 0 Å². The number of anilines is 2. The van der Waals surface area contributed by atoms with Crippen molar-refractivity contribution in [3.63, 3.8) is 0 Å². The fourth-order valence-corrected chi connectivity index (χ4v) is 3.98. The van der Waals surface area contributed by atoms with Gasteiger partial charge in [0.1, 0.15) is 0 Å². The van der Waals surface area contributed by atoms with Gasteiger partial charge in [0.15, 0.2) is 0 Å². The first kappa shape index (κ1) is 26.8. The maximum Gasteiger partial charge on any atom is 0.338 e. The molecular weight excluding hydrogens is 456 g/mol. The molecule has 0 bridgehead atoms. The Labute approximate surface area is 213 Å². The van der Waals surface area contributed by atoms with Crippen molar-refractivity contribution in [3.8, 4) is 0 Å². The number of carbonyl (C=O) groups is 3. The lowest BCUT2D eigenvalue weighted by molar-refractivity contribution is -0.140. The first-order valence-electron chi connectivity index (χ1n) is 12.3. The number of urea groups is 2. The number of hydrogen-bond donors (Lipinski definition) is 3. The lowest BCUT2D eigenvalue weighted by atomic mass is 9.94. The lowest BCUT2D eigenvalue weighted by Gasteiger charge is -2.35. The molecular formula is C28H36N4O4. The molecule has 1 aliphatic heterocycles. The van der Waals surface area contributed by atoms with Gasteiger partial charge in [-0.3, -0.25) is 4.90 Å². The molecule has 1 aliphatic rings. The summed E-state index contributed by atoms with van der Waals surface area (Å²) < 4.78 is 5.54. The van der Waals surface area contributed by atoms with Crippen LogP contribution in [0.5, 0.6) is 0 Å². The van der Waals surface area contributed by atoms with Crippen molar-refractivity contribution in [2.75, 3.05) is 23.8 Å². The molecule has 4 amide bonds. The standard InChI is InChI=1S/C28H36N4O4/c1-7-14-32-20(6)24(26(33)36-16-17(2)3)25(31-28(32)35)21-9-12-22(13-10-21)29-27(34)30-23-11-8-18(4)19(5)15-23/h8-13,15,17,25H,7,14,16H2,1-6H3,(H,31,35)(H2,29,30,34)/t25-/m0/s1. The molecule has 2 aromatic carbocycles. The zero-order valence-corrected chi connectivity index (χ0v) is 21.9. The fourth-order valence-electron chi connectivity index (χ4n) is 3.98. The summed E-state index contributed by atoms with van der Waals surface area (Å²) >= 11 is 0. The molecule has 1 atom stereocenters. The van der Waals surface area contributed by atoms with Crippen molar-refractivity contribution >= 4 is 29.4 Å². The van der Waals surface area contributed by atoms with Crippen molar-refractivity contribution in [3.05, 3.63) is 70.4 Å². The van der Waals surface area contributed by atoms with Gasteiger partial charge < -0.3 is 20.7 Å². The van der Waals surface area contributed by atoms with Crippen molar-refractivity contribution in [1.82, 2.24) is 10.2 Å². The second-order valence-corrected chi connectivity index (χ2v) is 9.53. The topological polar surface area (TPSA) is 99.8 Å². The number of carbonyl (C=O) groups excluding carboxylic acids is 3. The number of allylic oxidation sites excluding steroid dienone is 1. The van der Waals surface area contributed by atoms with E-state index in [1.165, 1.54) is 0 Å². The van der Waals surface area contributed by atoms with E-state index in [-0.39, 0.29) is 18.0 Å². The van der Waals surface area contributed by atoms with Crippen molar-refractivity contribution < 1.29 is 19.1 Å². The van der Waals surface area contributed by atoms with E-state index in [0.29, 0.717) is 35.8 Å². The molecule has 8 nitrogen and oxygen atoms in total. The van der Waals surface area contributed by atoms with Crippen molar-refractivity contribution in [2.45, 2.75) is 54.0 Å². The Hall–Kier alpha value is -3.81. The van der Waals surface area contributed by atoms with Gasteiger partial charge in [0, 0.05) is 23.6 Å². The predicted molar refractivity (Wildman–Crippen MR) is 142 cm³/mol. The third-order valence-corrected chi connectivity index (χ3v) is 6.08. The van der Waals surface area contributed by atoms with Crippen molar-refractivity contribution in [2.24, 2.45) is 5.92 Å². The summed E-state index contributed by atoms with van der Waals surface area (Å²) in [5.74, 6) is -0.249. The number of aryl methyl sites for hydroxylation is 2. The predicted octanol–water partition coefficient (Wildman–Crippen LogP) is 5.90. The molecule has 0 fully saturated rings. The highest BCUT2D eigenvalue weighted by molar-refractivity contribution is 6.00. The Balaban J connectivity index is 1.79. The van der Waals surface area contributed by atoms with E-state index in [4.69, 9.17) is 4.74 Å². The van der Waals surface area contributed by atoms with Crippen LogP contribution in [-0.4, -0.2) is 36.1 Å². The van der Waals surface area contributed by atoms with E-state index in [9.17, 15) is 14.4 Å². The van der Waals surface area contributed by atoms with Crippen LogP contribution in [-0.2, 0) is 9.53 Å². The summed E-state index contributed by atoms with van der Waals surface area (Å²) in [4.78, 5) is 39.9. The van der Waals surface area contributed by atoms with Gasteiger partial charge >= 0.3 is 18.0 Å². The summed E-state index contributed by atoms with van der Waals surface area (Å²) in [5, 5.41) is 8.59. The van der Waals surface area contributed by atoms with Crippen LogP contribution >= 0.6 is 0 Å². The number of hydrogen-bond acceptors (Lipinski definition) is 4. The van der Waals surface area contributed by atoms with E-state index < -0.39 is 12.0 Å². The fraction of sp³-hybridized carbons (Fsp3) is 0.393. The smallest absolute Gasteiger partial charge is 0.338 e. The van der Waals surface area contributed by atoms with Crippen LogP contribution in [0.4, 0.5) is 21.0 Å². The van der Waals surface area contributed by atoms with Crippen LogP contribution in [0.1, 0.15) is 56.8 Å². The zero-order valence-electron chi connectivity index (χ0n) is 21.9. The first-order valence-corrected chi connectivity index (χ1v) is 12.3. The van der Waals surface area contributed by atoms with Crippen LogP contribution in [0.3, 0.4) is 0 Å².